The molecule has 0 unspecified atom stereocenters. The van der Waals surface area contributed by atoms with E-state index in [2.05, 4.69) is 0 Å². The number of methoxy groups -OCH3 is 1. The second-order valence-corrected chi connectivity index (χ2v) is 7.68. The Morgan fingerprint density at radius 1 is 1.10 bits per heavy atom. The van der Waals surface area contributed by atoms with E-state index in [1.54, 1.807) is 34.2 Å². The Hall–Kier alpha value is -3.38. The van der Waals surface area contributed by atoms with Gasteiger partial charge >= 0.3 is 0 Å². The van der Waals surface area contributed by atoms with E-state index in [1.165, 1.54) is 0 Å². The van der Waals surface area contributed by atoms with Gasteiger partial charge in [-0.2, -0.15) is 5.10 Å². The molecule has 0 aliphatic rings. The Bertz CT molecular complexity index is 1100. The van der Waals surface area contributed by atoms with Gasteiger partial charge in [-0.3, -0.25) is 4.79 Å². The summed E-state index contributed by atoms with van der Waals surface area (Å²) in [6.45, 7) is 0.560. The predicted molar refractivity (Wildman–Crippen MR) is 116 cm³/mol. The third kappa shape index (κ3) is 4.07. The second kappa shape index (κ2) is 8.32. The van der Waals surface area contributed by atoms with E-state index < -0.39 is 0 Å². The maximum Gasteiger partial charge on any atom is 0.257 e. The fourth-order valence-electron chi connectivity index (χ4n) is 3.14. The van der Waals surface area contributed by atoms with Crippen LogP contribution in [0.15, 0.2) is 78.3 Å². The number of thiophene rings is 1. The van der Waals surface area contributed by atoms with Gasteiger partial charge in [-0.25, -0.2) is 4.68 Å². The highest BCUT2D eigenvalue weighted by molar-refractivity contribution is 7.09. The average Bonchev–Trinajstić information content (AvgIpc) is 3.44. The van der Waals surface area contributed by atoms with Gasteiger partial charge in [0.15, 0.2) is 0 Å². The van der Waals surface area contributed by atoms with Crippen LogP contribution < -0.4 is 4.74 Å². The molecule has 0 radical (unpaired) electrons. The van der Waals surface area contributed by atoms with Gasteiger partial charge in [-0.15, -0.1) is 11.3 Å². The lowest BCUT2D eigenvalue weighted by Gasteiger charge is -2.16. The first-order valence-corrected chi connectivity index (χ1v) is 10.1. The lowest BCUT2D eigenvalue weighted by molar-refractivity contribution is 0.0787. The van der Waals surface area contributed by atoms with Crippen LogP contribution in [0.4, 0.5) is 0 Å². The van der Waals surface area contributed by atoms with Crippen molar-refractivity contribution in [3.63, 3.8) is 0 Å². The highest BCUT2D eigenvalue weighted by atomic mass is 32.1. The zero-order chi connectivity index (χ0) is 20.2. The van der Waals surface area contributed by atoms with E-state index in [-0.39, 0.29) is 5.91 Å². The summed E-state index contributed by atoms with van der Waals surface area (Å²) in [5.74, 6) is 0.653. The minimum Gasteiger partial charge on any atom is -0.497 e. The third-order valence-electron chi connectivity index (χ3n) is 4.63. The SMILES string of the molecule is COc1cccc(-c2nn(-c3ccccc3)cc2C(=O)N(C)Cc2cccs2)c1. The van der Waals surface area contributed by atoms with Gasteiger partial charge in [0.1, 0.15) is 11.4 Å². The molecule has 1 amide bonds. The molecule has 2 aromatic heterocycles. The summed E-state index contributed by atoms with van der Waals surface area (Å²) in [4.78, 5) is 16.2. The number of ether oxygens (including phenoxy) is 1. The molecule has 29 heavy (non-hydrogen) atoms. The van der Waals surface area contributed by atoms with Crippen molar-refractivity contribution >= 4 is 17.2 Å². The average molecular weight is 404 g/mol. The fraction of sp³-hybridized carbons (Fsp3) is 0.130. The molecule has 0 atom stereocenters. The molecule has 0 N–H and O–H groups in total. The number of rotatable bonds is 6. The van der Waals surface area contributed by atoms with E-state index >= 15 is 0 Å². The molecule has 5 nitrogen and oxygen atoms in total. The van der Waals surface area contributed by atoms with Gasteiger partial charge in [-0.1, -0.05) is 36.4 Å². The molecule has 0 bridgehead atoms. The Morgan fingerprint density at radius 3 is 2.66 bits per heavy atom. The molecular formula is C23H21N3O2S. The van der Waals surface area contributed by atoms with Gasteiger partial charge in [0.2, 0.25) is 0 Å². The molecule has 0 fully saturated rings. The van der Waals surface area contributed by atoms with Crippen LogP contribution in [0.1, 0.15) is 15.2 Å². The van der Waals surface area contributed by atoms with Crippen LogP contribution in [0.5, 0.6) is 5.75 Å². The van der Waals surface area contributed by atoms with Crippen LogP contribution in [0.3, 0.4) is 0 Å². The number of carbonyl (C=O) groups is 1. The molecule has 2 heterocycles. The van der Waals surface area contributed by atoms with Crippen LogP contribution in [0, 0.1) is 0 Å². The fourth-order valence-corrected chi connectivity index (χ4v) is 3.90. The maximum absolute atomic E-state index is 13.3. The lowest BCUT2D eigenvalue weighted by atomic mass is 10.1. The normalized spacial score (nSPS) is 10.7. The van der Waals surface area contributed by atoms with Crippen molar-refractivity contribution in [2.45, 2.75) is 6.54 Å². The topological polar surface area (TPSA) is 47.4 Å². The van der Waals surface area contributed by atoms with Crippen LogP contribution in [0.25, 0.3) is 16.9 Å². The molecule has 0 saturated carbocycles. The molecule has 2 aromatic carbocycles. The Morgan fingerprint density at radius 2 is 1.93 bits per heavy atom. The highest BCUT2D eigenvalue weighted by Gasteiger charge is 2.22. The largest absolute Gasteiger partial charge is 0.497 e. The predicted octanol–water partition coefficient (Wildman–Crippen LogP) is 4.88. The molecule has 0 spiro atoms. The Balaban J connectivity index is 1.76. The maximum atomic E-state index is 13.3. The quantitative estimate of drug-likeness (QED) is 0.461. The van der Waals surface area contributed by atoms with Gasteiger partial charge in [0.05, 0.1) is 24.9 Å². The minimum absolute atomic E-state index is 0.0709. The number of aromatic nitrogens is 2. The Labute approximate surface area is 173 Å². The zero-order valence-electron chi connectivity index (χ0n) is 16.3. The summed E-state index contributed by atoms with van der Waals surface area (Å²) in [6.07, 6.45) is 1.80. The van der Waals surface area contributed by atoms with Crippen molar-refractivity contribution in [2.75, 3.05) is 14.2 Å². The lowest BCUT2D eigenvalue weighted by Crippen LogP contribution is -2.26. The number of hydrogen-bond donors (Lipinski definition) is 0. The minimum atomic E-state index is -0.0709. The van der Waals surface area contributed by atoms with E-state index in [0.29, 0.717) is 17.8 Å². The van der Waals surface area contributed by atoms with Gasteiger partial charge in [-0.05, 0) is 35.7 Å². The number of hydrogen-bond acceptors (Lipinski definition) is 4. The molecule has 0 aliphatic heterocycles. The smallest absolute Gasteiger partial charge is 0.257 e. The molecule has 0 saturated heterocycles. The second-order valence-electron chi connectivity index (χ2n) is 6.64. The first-order valence-electron chi connectivity index (χ1n) is 9.23. The monoisotopic (exact) mass is 403 g/mol. The van der Waals surface area contributed by atoms with E-state index in [0.717, 1.165) is 21.9 Å². The van der Waals surface area contributed by atoms with E-state index in [9.17, 15) is 4.79 Å². The third-order valence-corrected chi connectivity index (χ3v) is 5.49. The summed E-state index contributed by atoms with van der Waals surface area (Å²) in [7, 11) is 3.44. The number of para-hydroxylation sites is 1. The number of carbonyl (C=O) groups excluding carboxylic acids is 1. The summed E-state index contributed by atoms with van der Waals surface area (Å²) in [6, 6.07) is 21.4. The molecule has 4 aromatic rings. The van der Waals surface area contributed by atoms with Gasteiger partial charge < -0.3 is 9.64 Å². The first-order chi connectivity index (χ1) is 14.2. The standard InChI is InChI=1S/C23H21N3O2S/c1-25(15-20-12-7-13-29-20)23(27)21-16-26(18-9-4-3-5-10-18)24-22(21)17-8-6-11-19(14-17)28-2/h3-14,16H,15H2,1-2H3. The summed E-state index contributed by atoms with van der Waals surface area (Å²) >= 11 is 1.64. The van der Waals surface area contributed by atoms with Crippen molar-refractivity contribution < 1.29 is 9.53 Å². The highest BCUT2D eigenvalue weighted by Crippen LogP contribution is 2.28. The molecule has 6 heteroatoms. The van der Waals surface area contributed by atoms with Crippen molar-refractivity contribution in [3.8, 4) is 22.7 Å². The van der Waals surface area contributed by atoms with Crippen molar-refractivity contribution in [3.05, 3.63) is 88.7 Å². The van der Waals surface area contributed by atoms with Crippen molar-refractivity contribution in [1.82, 2.24) is 14.7 Å². The summed E-state index contributed by atoms with van der Waals surface area (Å²) in [5.41, 5.74) is 2.93. The molecule has 0 aliphatic carbocycles. The first kappa shape index (κ1) is 19.0. The number of nitrogens with zero attached hydrogens (tertiary/aromatic N) is 3. The molecule has 146 valence electrons. The van der Waals surface area contributed by atoms with E-state index in [4.69, 9.17) is 9.84 Å². The summed E-state index contributed by atoms with van der Waals surface area (Å²) < 4.78 is 7.11. The van der Waals surface area contributed by atoms with Crippen LogP contribution in [0.2, 0.25) is 0 Å². The van der Waals surface area contributed by atoms with Gasteiger partial charge in [0, 0.05) is 23.7 Å². The van der Waals surface area contributed by atoms with Crippen molar-refractivity contribution in [2.24, 2.45) is 0 Å². The molecule has 4 rings (SSSR count). The van der Waals surface area contributed by atoms with Crippen molar-refractivity contribution in [1.29, 1.82) is 0 Å². The van der Waals surface area contributed by atoms with Crippen LogP contribution in [-0.4, -0.2) is 34.7 Å². The van der Waals surface area contributed by atoms with E-state index in [1.807, 2.05) is 79.2 Å². The number of benzene rings is 2. The van der Waals surface area contributed by atoms with Crippen LogP contribution >= 0.6 is 11.3 Å². The molecular weight excluding hydrogens is 382 g/mol. The Kier molecular flexibility index (Phi) is 5.44. The zero-order valence-corrected chi connectivity index (χ0v) is 17.1. The number of amides is 1. The summed E-state index contributed by atoms with van der Waals surface area (Å²) in [5, 5.41) is 6.76. The van der Waals surface area contributed by atoms with Gasteiger partial charge in [0.25, 0.3) is 5.91 Å². The van der Waals surface area contributed by atoms with Crippen LogP contribution in [-0.2, 0) is 6.54 Å².